The van der Waals surface area contributed by atoms with E-state index in [1.165, 1.54) is 5.39 Å². The second-order valence-corrected chi connectivity index (χ2v) is 7.34. The van der Waals surface area contributed by atoms with E-state index in [0.29, 0.717) is 18.8 Å². The van der Waals surface area contributed by atoms with Gasteiger partial charge in [0.1, 0.15) is 5.75 Å². The first-order chi connectivity index (χ1) is 15.2. The number of nitrogens with zero attached hydrogens (tertiary/aromatic N) is 2. The third-order valence-corrected chi connectivity index (χ3v) is 5.28. The van der Waals surface area contributed by atoms with Gasteiger partial charge in [0, 0.05) is 54.7 Å². The molecule has 2 amide bonds. The van der Waals surface area contributed by atoms with E-state index in [4.69, 9.17) is 4.74 Å². The Morgan fingerprint density at radius 1 is 1.10 bits per heavy atom. The highest BCUT2D eigenvalue weighted by Crippen LogP contribution is 2.31. The Kier molecular flexibility index (Phi) is 6.17. The van der Waals surface area contributed by atoms with Crippen molar-refractivity contribution < 1.29 is 9.53 Å². The van der Waals surface area contributed by atoms with E-state index in [1.54, 1.807) is 6.20 Å². The van der Waals surface area contributed by atoms with Crippen LogP contribution in [0, 0.1) is 0 Å². The fraction of sp³-hybridized carbons (Fsp3) is 0.200. The molecule has 0 bridgehead atoms. The van der Waals surface area contributed by atoms with Crippen molar-refractivity contribution in [3.05, 3.63) is 90.4 Å². The Labute approximate surface area is 181 Å². The zero-order chi connectivity index (χ0) is 21.6. The van der Waals surface area contributed by atoms with E-state index in [-0.39, 0.29) is 11.9 Å². The first kappa shape index (κ1) is 20.5. The first-order valence-electron chi connectivity index (χ1n) is 10.4. The van der Waals surface area contributed by atoms with Crippen LogP contribution in [0.3, 0.4) is 0 Å². The predicted molar refractivity (Wildman–Crippen MR) is 124 cm³/mol. The van der Waals surface area contributed by atoms with Crippen molar-refractivity contribution in [2.75, 3.05) is 18.5 Å². The fourth-order valence-electron chi connectivity index (χ4n) is 3.81. The van der Waals surface area contributed by atoms with Gasteiger partial charge in [-0.05, 0) is 54.4 Å². The largest absolute Gasteiger partial charge is 0.494 e. The van der Waals surface area contributed by atoms with Gasteiger partial charge in [0.25, 0.3) is 0 Å². The molecule has 0 aliphatic carbocycles. The summed E-state index contributed by atoms with van der Waals surface area (Å²) in [7, 11) is 2.04. The molecule has 1 atom stereocenters. The van der Waals surface area contributed by atoms with Crippen LogP contribution in [0.15, 0.2) is 79.3 Å². The molecule has 0 spiro atoms. The highest BCUT2D eigenvalue weighted by Gasteiger charge is 2.20. The fourth-order valence-corrected chi connectivity index (χ4v) is 3.81. The minimum absolute atomic E-state index is 0.0223. The standard InChI is InChI=1S/C25H26N4O2/c1-3-31-20-12-10-19(11-13-20)28-25(30)27-16-22(18-7-6-14-26-15-18)23-17-29(2)24-9-5-4-8-21(23)24/h4-15,17,22H,3,16H2,1-2H3,(H2,27,28,30). The van der Waals surface area contributed by atoms with Gasteiger partial charge in [-0.3, -0.25) is 4.98 Å². The van der Waals surface area contributed by atoms with Crippen molar-refractivity contribution in [3.8, 4) is 5.75 Å². The number of para-hydroxylation sites is 1. The molecule has 6 nitrogen and oxygen atoms in total. The number of aromatic nitrogens is 2. The molecule has 2 N–H and O–H groups in total. The highest BCUT2D eigenvalue weighted by atomic mass is 16.5. The Bertz CT molecular complexity index is 1150. The van der Waals surface area contributed by atoms with Crippen molar-refractivity contribution in [2.45, 2.75) is 12.8 Å². The maximum Gasteiger partial charge on any atom is 0.319 e. The number of benzene rings is 2. The van der Waals surface area contributed by atoms with Crippen LogP contribution in [-0.2, 0) is 7.05 Å². The summed E-state index contributed by atoms with van der Waals surface area (Å²) >= 11 is 0. The highest BCUT2D eigenvalue weighted by molar-refractivity contribution is 5.89. The van der Waals surface area contributed by atoms with Gasteiger partial charge in [0.15, 0.2) is 0 Å². The average Bonchev–Trinajstić information content (AvgIpc) is 3.13. The minimum Gasteiger partial charge on any atom is -0.494 e. The van der Waals surface area contributed by atoms with Gasteiger partial charge in [-0.2, -0.15) is 0 Å². The number of urea groups is 1. The van der Waals surface area contributed by atoms with Crippen LogP contribution in [0.25, 0.3) is 10.9 Å². The normalized spacial score (nSPS) is 11.8. The van der Waals surface area contributed by atoms with Gasteiger partial charge >= 0.3 is 6.03 Å². The number of anilines is 1. The molecule has 0 radical (unpaired) electrons. The first-order valence-corrected chi connectivity index (χ1v) is 10.4. The number of carbonyl (C=O) groups excluding carboxylic acids is 1. The summed E-state index contributed by atoms with van der Waals surface area (Å²) < 4.78 is 7.56. The van der Waals surface area contributed by atoms with E-state index >= 15 is 0 Å². The van der Waals surface area contributed by atoms with Crippen LogP contribution in [0.1, 0.15) is 24.0 Å². The van der Waals surface area contributed by atoms with Crippen molar-refractivity contribution >= 4 is 22.6 Å². The summed E-state index contributed by atoms with van der Waals surface area (Å²) in [6.45, 7) is 2.99. The summed E-state index contributed by atoms with van der Waals surface area (Å²) in [5, 5.41) is 7.08. The van der Waals surface area contributed by atoms with Gasteiger partial charge in [-0.15, -0.1) is 0 Å². The Morgan fingerprint density at radius 3 is 2.65 bits per heavy atom. The van der Waals surface area contributed by atoms with Crippen LogP contribution < -0.4 is 15.4 Å². The third-order valence-electron chi connectivity index (χ3n) is 5.28. The quantitative estimate of drug-likeness (QED) is 0.451. The van der Waals surface area contributed by atoms with Crippen LogP contribution in [0.4, 0.5) is 10.5 Å². The molecule has 2 heterocycles. The van der Waals surface area contributed by atoms with E-state index < -0.39 is 0 Å². The number of ether oxygens (including phenoxy) is 1. The lowest BCUT2D eigenvalue weighted by Gasteiger charge is -2.18. The molecular formula is C25H26N4O2. The summed E-state index contributed by atoms with van der Waals surface area (Å²) in [5.41, 5.74) is 4.09. The summed E-state index contributed by atoms with van der Waals surface area (Å²) in [4.78, 5) is 16.9. The van der Waals surface area contributed by atoms with Gasteiger partial charge in [0.2, 0.25) is 0 Å². The minimum atomic E-state index is -0.252. The molecule has 31 heavy (non-hydrogen) atoms. The number of aryl methyl sites for hydroxylation is 1. The number of hydrogen-bond donors (Lipinski definition) is 2. The van der Waals surface area contributed by atoms with Gasteiger partial charge in [-0.1, -0.05) is 24.3 Å². The molecule has 6 heteroatoms. The lowest BCUT2D eigenvalue weighted by molar-refractivity contribution is 0.252. The number of rotatable bonds is 7. The molecule has 4 rings (SSSR count). The second kappa shape index (κ2) is 9.34. The number of pyridine rings is 1. The second-order valence-electron chi connectivity index (χ2n) is 7.34. The van der Waals surface area contributed by atoms with Gasteiger partial charge in [-0.25, -0.2) is 4.79 Å². The van der Waals surface area contributed by atoms with Crippen LogP contribution in [-0.4, -0.2) is 28.7 Å². The molecule has 0 aliphatic rings. The third kappa shape index (κ3) is 4.69. The van der Waals surface area contributed by atoms with E-state index in [9.17, 15) is 4.79 Å². The van der Waals surface area contributed by atoms with Gasteiger partial charge < -0.3 is 19.9 Å². The zero-order valence-electron chi connectivity index (χ0n) is 17.7. The van der Waals surface area contributed by atoms with Crippen molar-refractivity contribution in [1.82, 2.24) is 14.9 Å². The van der Waals surface area contributed by atoms with Crippen LogP contribution in [0.2, 0.25) is 0 Å². The van der Waals surface area contributed by atoms with Crippen molar-refractivity contribution in [1.29, 1.82) is 0 Å². The molecule has 0 saturated carbocycles. The monoisotopic (exact) mass is 414 g/mol. The molecule has 0 aliphatic heterocycles. The lowest BCUT2D eigenvalue weighted by Crippen LogP contribution is -2.32. The number of amides is 2. The smallest absolute Gasteiger partial charge is 0.319 e. The van der Waals surface area contributed by atoms with Crippen LogP contribution >= 0.6 is 0 Å². The maximum absolute atomic E-state index is 12.6. The van der Waals surface area contributed by atoms with Gasteiger partial charge in [0.05, 0.1) is 6.61 Å². The lowest BCUT2D eigenvalue weighted by atomic mass is 9.92. The topological polar surface area (TPSA) is 68.2 Å². The van der Waals surface area contributed by atoms with E-state index in [2.05, 4.69) is 38.5 Å². The van der Waals surface area contributed by atoms with Crippen LogP contribution in [0.5, 0.6) is 5.75 Å². The SMILES string of the molecule is CCOc1ccc(NC(=O)NCC(c2cccnc2)c2cn(C)c3ccccc23)cc1. The van der Waals surface area contributed by atoms with E-state index in [1.807, 2.05) is 68.7 Å². The molecule has 1 unspecified atom stereocenters. The summed E-state index contributed by atoms with van der Waals surface area (Å²) in [6.07, 6.45) is 5.75. The van der Waals surface area contributed by atoms with Crippen molar-refractivity contribution in [3.63, 3.8) is 0 Å². The summed E-state index contributed by atoms with van der Waals surface area (Å²) in [5.74, 6) is 0.756. The Balaban J connectivity index is 1.52. The zero-order valence-corrected chi connectivity index (χ0v) is 17.7. The molecule has 4 aromatic rings. The maximum atomic E-state index is 12.6. The van der Waals surface area contributed by atoms with E-state index in [0.717, 1.165) is 22.4 Å². The predicted octanol–water partition coefficient (Wildman–Crippen LogP) is 4.93. The molecule has 2 aromatic carbocycles. The summed E-state index contributed by atoms with van der Waals surface area (Å²) in [6, 6.07) is 19.4. The number of fused-ring (bicyclic) bond motifs is 1. The molecule has 2 aromatic heterocycles. The Morgan fingerprint density at radius 2 is 1.90 bits per heavy atom. The molecule has 0 saturated heterocycles. The number of hydrogen-bond acceptors (Lipinski definition) is 3. The molecule has 158 valence electrons. The molecule has 0 fully saturated rings. The Hall–Kier alpha value is -3.80. The van der Waals surface area contributed by atoms with Crippen molar-refractivity contribution in [2.24, 2.45) is 7.05 Å². The number of nitrogens with one attached hydrogen (secondary N) is 2. The average molecular weight is 415 g/mol. The molecular weight excluding hydrogens is 388 g/mol. The number of carbonyl (C=O) groups is 1.